The number of carboxylic acid groups (broad SMARTS) is 4. The molecule has 0 saturated carbocycles. The van der Waals surface area contributed by atoms with Gasteiger partial charge >= 0.3 is 23.9 Å². The lowest BCUT2D eigenvalue weighted by Gasteiger charge is -2.15. The quantitative estimate of drug-likeness (QED) is 0.0221. The Morgan fingerprint density at radius 2 is 0.622 bits per heavy atom. The summed E-state index contributed by atoms with van der Waals surface area (Å²) in [5, 5.41) is 94.3. The molecule has 0 spiro atoms. The van der Waals surface area contributed by atoms with Crippen LogP contribution in [-0.4, -0.2) is 137 Å². The molecule has 8 rings (SSSR count). The van der Waals surface area contributed by atoms with Gasteiger partial charge < -0.3 is 41.5 Å². The third-order valence-electron chi connectivity index (χ3n) is 12.1. The molecule has 15 N–H and O–H groups in total. The average molecular weight is 1360 g/mol. The number of nitrogen functional groups attached to an aromatic ring is 1. The van der Waals surface area contributed by atoms with E-state index in [4.69, 9.17) is 5.73 Å². The maximum atomic E-state index is 13.1. The van der Waals surface area contributed by atoms with Crippen molar-refractivity contribution in [1.29, 1.82) is 0 Å². The van der Waals surface area contributed by atoms with Gasteiger partial charge in [0.15, 0.2) is 17.2 Å². The number of aromatic carboxylic acids is 4. The van der Waals surface area contributed by atoms with Crippen LogP contribution in [0, 0.1) is 0 Å². The molecule has 0 aliphatic rings. The summed E-state index contributed by atoms with van der Waals surface area (Å²) in [5.41, 5.74) is -6.06. The van der Waals surface area contributed by atoms with Gasteiger partial charge in [-0.15, -0.1) is 30.7 Å². The number of benzene rings is 8. The normalized spacial score (nSPS) is 13.0. The predicted octanol–water partition coefficient (Wildman–Crippen LogP) is 7.78. The maximum Gasteiger partial charge on any atom is 0.335 e. The number of rotatable bonds is 18. The molecule has 0 saturated heterocycles. The zero-order chi connectivity index (χ0) is 67.0. The molecule has 8 aromatic rings. The molecular formula is C46H29N9O29S6. The largest absolute Gasteiger partial charge is 0.505 e. The summed E-state index contributed by atoms with van der Waals surface area (Å²) in [6.07, 6.45) is 0. The van der Waals surface area contributed by atoms with E-state index < -0.39 is 237 Å². The summed E-state index contributed by atoms with van der Waals surface area (Å²) in [6.45, 7) is 0. The fourth-order valence-electron chi connectivity index (χ4n) is 8.41. The van der Waals surface area contributed by atoms with Crippen LogP contribution in [0.4, 0.5) is 51.2 Å². The van der Waals surface area contributed by atoms with Crippen molar-refractivity contribution in [1.82, 2.24) is 0 Å². The molecule has 90 heavy (non-hydrogen) atoms. The molecule has 468 valence electrons. The highest BCUT2D eigenvalue weighted by Crippen LogP contribution is 2.51. The molecule has 44 heteroatoms. The van der Waals surface area contributed by atoms with Crippen molar-refractivity contribution in [2.24, 2.45) is 40.9 Å². The molecule has 8 aromatic carbocycles. The second-order valence-corrected chi connectivity index (χ2v) is 26.1. The second-order valence-electron chi connectivity index (χ2n) is 17.9. The van der Waals surface area contributed by atoms with Crippen molar-refractivity contribution < 1.29 is 133 Å². The van der Waals surface area contributed by atoms with Gasteiger partial charge in [0.05, 0.1) is 44.7 Å². The summed E-state index contributed by atoms with van der Waals surface area (Å²) in [7, 11) is -34.6. The average Bonchev–Trinajstić information content (AvgIpc) is 0.752. The molecule has 0 bridgehead atoms. The van der Waals surface area contributed by atoms with Crippen LogP contribution < -0.4 is 5.73 Å². The number of anilines is 1. The Labute approximate surface area is 498 Å². The van der Waals surface area contributed by atoms with Crippen LogP contribution in [0.15, 0.2) is 155 Å². The standard InChI is InChI=1S/C46H29N9O29S6/c47-34-28(52-50-26-3-1-21-23(41(26)89(79,80)81)11-30(86(70,71)72)35(38(21)56)53-48-19-7-15(43(59)60)5-16(8-19)44(61)62)14-29(85(67,68)69)25-13-32(88(76,77)78)37(40(58)33(25)34)55-51-27-4-2-22-24(42(27)90(82,83)84)12-31(87(73,74)75)36(39(22)57)54-49-20-9-17(45(63)64)6-18(10-20)46(65)66/h1-14,56-58H,47H2,(H,59,60)(H,61,62)(H,63,64)(H,65,66)(H,67,68,69)(H,70,71,72)(H,73,74,75)(H,76,77,78)(H,79,80,81)(H,82,83,84). The highest BCUT2D eigenvalue weighted by Gasteiger charge is 2.33. The van der Waals surface area contributed by atoms with E-state index in [1.54, 1.807) is 0 Å². The van der Waals surface area contributed by atoms with Gasteiger partial charge in [-0.2, -0.15) is 60.7 Å². The minimum absolute atomic E-state index is 0.170. The number of azo groups is 4. The molecule has 0 aliphatic heterocycles. The third-order valence-corrected chi connectivity index (χ3v) is 17.5. The Hall–Kier alpha value is -10.5. The van der Waals surface area contributed by atoms with Crippen LogP contribution in [-0.2, 0) is 60.7 Å². The lowest BCUT2D eigenvalue weighted by Crippen LogP contribution is -2.05. The van der Waals surface area contributed by atoms with Crippen molar-refractivity contribution in [3.05, 3.63) is 107 Å². The van der Waals surface area contributed by atoms with Crippen molar-refractivity contribution in [2.75, 3.05) is 5.73 Å². The molecule has 0 radical (unpaired) electrons. The first-order valence-corrected chi connectivity index (χ1v) is 31.6. The summed E-state index contributed by atoms with van der Waals surface area (Å²) < 4.78 is 217. The molecule has 0 unspecified atom stereocenters. The number of hydrogen-bond donors (Lipinski definition) is 14. The van der Waals surface area contributed by atoms with E-state index in [1.807, 2.05) is 0 Å². The van der Waals surface area contributed by atoms with Crippen LogP contribution in [0.25, 0.3) is 32.3 Å². The molecular weight excluding hydrogens is 1330 g/mol. The summed E-state index contributed by atoms with van der Waals surface area (Å²) in [4.78, 5) is 37.3. The number of carbonyl (C=O) groups is 4. The van der Waals surface area contributed by atoms with Gasteiger partial charge in [0.1, 0.15) is 63.5 Å². The number of carboxylic acids is 4. The van der Waals surface area contributed by atoms with Crippen LogP contribution >= 0.6 is 0 Å². The third kappa shape index (κ3) is 12.9. The summed E-state index contributed by atoms with van der Waals surface area (Å²) in [6, 6.07) is 7.91. The lowest BCUT2D eigenvalue weighted by atomic mass is 10.0. The first-order valence-electron chi connectivity index (χ1n) is 22.9. The predicted molar refractivity (Wildman–Crippen MR) is 298 cm³/mol. The maximum absolute atomic E-state index is 13.1. The van der Waals surface area contributed by atoms with E-state index >= 15 is 0 Å². The zero-order valence-corrected chi connectivity index (χ0v) is 47.9. The number of hydrogen-bond acceptors (Lipinski definition) is 28. The number of nitrogens with zero attached hydrogens (tertiary/aromatic N) is 8. The molecule has 0 aromatic heterocycles. The summed E-state index contributed by atoms with van der Waals surface area (Å²) >= 11 is 0. The number of nitrogens with two attached hydrogens (primary N) is 1. The van der Waals surface area contributed by atoms with Gasteiger partial charge in [-0.3, -0.25) is 27.3 Å². The first-order chi connectivity index (χ1) is 41.4. The Balaban J connectivity index is 1.31. The Morgan fingerprint density at radius 1 is 0.322 bits per heavy atom. The van der Waals surface area contributed by atoms with Crippen molar-refractivity contribution in [3.63, 3.8) is 0 Å². The number of phenols is 3. The van der Waals surface area contributed by atoms with Crippen LogP contribution in [0.1, 0.15) is 41.4 Å². The van der Waals surface area contributed by atoms with Crippen molar-refractivity contribution in [2.45, 2.75) is 29.4 Å². The number of phenolic OH excluding ortho intramolecular Hbond substituents is 3. The second kappa shape index (κ2) is 22.9. The SMILES string of the molecule is Nc1c(N=Nc2ccc3c(O)c(N=Nc4cc(C(=O)O)cc(C(=O)O)c4)c(S(=O)(=O)O)cc3c2S(=O)(=O)O)cc(S(=O)(=O)O)c2cc(S(=O)(=O)O)c(N=Nc3ccc4c(O)c(N=Nc5cc(C(=O)O)cc(C(=O)O)c5)c(S(=O)(=O)O)cc4c3S(=O)(=O)O)c(O)c12. The van der Waals surface area contributed by atoms with Crippen molar-refractivity contribution >= 4 is 168 Å². The monoisotopic (exact) mass is 1360 g/mol. The highest BCUT2D eigenvalue weighted by molar-refractivity contribution is 7.87. The molecule has 0 amide bonds. The first kappa shape index (κ1) is 65.5. The van der Waals surface area contributed by atoms with Gasteiger partial charge in [0, 0.05) is 26.9 Å². The smallest absolute Gasteiger partial charge is 0.335 e. The van der Waals surface area contributed by atoms with E-state index in [-0.39, 0.29) is 24.3 Å². The van der Waals surface area contributed by atoms with E-state index in [0.29, 0.717) is 30.3 Å². The zero-order valence-electron chi connectivity index (χ0n) is 43.0. The molecule has 0 atom stereocenters. The fourth-order valence-corrected chi connectivity index (χ4v) is 12.7. The van der Waals surface area contributed by atoms with E-state index in [9.17, 15) is 133 Å². The van der Waals surface area contributed by atoms with Crippen LogP contribution in [0.3, 0.4) is 0 Å². The molecule has 0 fully saturated rings. The Kier molecular flexibility index (Phi) is 16.6. The van der Waals surface area contributed by atoms with Gasteiger partial charge in [-0.25, -0.2) is 19.2 Å². The fraction of sp³-hybridized carbons (Fsp3) is 0. The molecule has 38 nitrogen and oxygen atoms in total. The number of fused-ring (bicyclic) bond motifs is 3. The topological polar surface area (TPSA) is 661 Å². The minimum Gasteiger partial charge on any atom is -0.505 e. The van der Waals surface area contributed by atoms with Gasteiger partial charge in [0.2, 0.25) is 0 Å². The Morgan fingerprint density at radius 3 is 0.944 bits per heavy atom. The molecule has 0 aliphatic carbocycles. The van der Waals surface area contributed by atoms with Gasteiger partial charge in [-0.05, 0) is 84.9 Å². The lowest BCUT2D eigenvalue weighted by molar-refractivity contribution is 0.0676. The minimum atomic E-state index is -5.86. The van der Waals surface area contributed by atoms with Crippen molar-refractivity contribution in [3.8, 4) is 17.2 Å². The van der Waals surface area contributed by atoms with Crippen LogP contribution in [0.2, 0.25) is 0 Å². The van der Waals surface area contributed by atoms with Gasteiger partial charge in [-0.1, -0.05) is 0 Å². The van der Waals surface area contributed by atoms with Gasteiger partial charge in [0.25, 0.3) is 60.7 Å². The highest BCUT2D eigenvalue weighted by atomic mass is 32.2. The Bertz CT molecular complexity index is 5420. The number of aromatic hydroxyl groups is 3. The van der Waals surface area contributed by atoms with E-state index in [0.717, 1.165) is 30.3 Å². The van der Waals surface area contributed by atoms with Crippen LogP contribution in [0.5, 0.6) is 17.2 Å². The summed E-state index contributed by atoms with van der Waals surface area (Å²) in [5.74, 6) is -11.1. The van der Waals surface area contributed by atoms with E-state index in [1.165, 1.54) is 0 Å². The van der Waals surface area contributed by atoms with E-state index in [2.05, 4.69) is 40.9 Å². The molecule has 0 heterocycles.